The Kier molecular flexibility index (Phi) is 15.4. The maximum atomic E-state index is 5.35. The smallest absolute Gasteiger partial charge is 0.000977 e. The van der Waals surface area contributed by atoms with Crippen LogP contribution in [0.15, 0.2) is 0 Å². The molecule has 2 heteroatoms. The van der Waals surface area contributed by atoms with Crippen molar-refractivity contribution in [2.75, 3.05) is 26.7 Å². The lowest BCUT2D eigenvalue weighted by molar-refractivity contribution is 0.332. The lowest BCUT2D eigenvalue weighted by Crippen LogP contribution is -2.22. The molecule has 2 N–H and O–H groups in total. The summed E-state index contributed by atoms with van der Waals surface area (Å²) in [5, 5.41) is 0. The molecule has 0 aliphatic carbocycles. The molecule has 0 unspecified atom stereocenters. The molecule has 0 aromatic rings. The van der Waals surface area contributed by atoms with Crippen LogP contribution in [-0.4, -0.2) is 31.6 Å². The van der Waals surface area contributed by atoms with Gasteiger partial charge in [-0.05, 0) is 39.5 Å². The number of hydrogen-bond donors (Lipinski definition) is 1. The first kappa shape index (κ1) is 13.5. The molecule has 2 nitrogen and oxygen atoms in total. The van der Waals surface area contributed by atoms with E-state index in [9.17, 15) is 0 Å². The van der Waals surface area contributed by atoms with E-state index in [0.717, 1.165) is 19.5 Å². The molecule has 0 radical (unpaired) electrons. The third kappa shape index (κ3) is 13.0. The van der Waals surface area contributed by atoms with Crippen molar-refractivity contribution >= 4 is 0 Å². The lowest BCUT2D eigenvalue weighted by atomic mass is 10.3. The van der Waals surface area contributed by atoms with E-state index in [1.165, 1.54) is 13.0 Å². The second kappa shape index (κ2) is 12.6. The van der Waals surface area contributed by atoms with Gasteiger partial charge in [-0.1, -0.05) is 20.8 Å². The summed E-state index contributed by atoms with van der Waals surface area (Å²) in [7, 11) is 2.14. The van der Waals surface area contributed by atoms with Crippen LogP contribution in [-0.2, 0) is 0 Å². The molecule has 0 saturated carbocycles. The van der Waals surface area contributed by atoms with Crippen molar-refractivity contribution < 1.29 is 0 Å². The molecule has 0 fully saturated rings. The molecule has 0 aliphatic rings. The molecule has 0 aromatic carbocycles. The van der Waals surface area contributed by atoms with Gasteiger partial charge in [-0.15, -0.1) is 0 Å². The van der Waals surface area contributed by atoms with E-state index < -0.39 is 0 Å². The van der Waals surface area contributed by atoms with Crippen LogP contribution in [0, 0.1) is 0 Å². The van der Waals surface area contributed by atoms with Gasteiger partial charge in [-0.25, -0.2) is 0 Å². The molecule has 11 heavy (non-hydrogen) atoms. The summed E-state index contributed by atoms with van der Waals surface area (Å²) in [5.74, 6) is 0. The van der Waals surface area contributed by atoms with Gasteiger partial charge >= 0.3 is 0 Å². The van der Waals surface area contributed by atoms with E-state index in [1.54, 1.807) is 0 Å². The third-order valence-corrected chi connectivity index (χ3v) is 1.35. The average Bonchev–Trinajstić information content (AvgIpc) is 2.05. The Balaban J connectivity index is 0. The molecule has 0 aliphatic heterocycles. The van der Waals surface area contributed by atoms with E-state index in [0.29, 0.717) is 0 Å². The lowest BCUT2D eigenvalue weighted by Gasteiger charge is -2.13. The Hall–Kier alpha value is -0.0800. The van der Waals surface area contributed by atoms with Crippen molar-refractivity contribution in [1.29, 1.82) is 0 Å². The Bertz CT molecular complexity index is 55.5. The van der Waals surface area contributed by atoms with Gasteiger partial charge in [0.2, 0.25) is 0 Å². The van der Waals surface area contributed by atoms with Gasteiger partial charge < -0.3 is 10.6 Å². The van der Waals surface area contributed by atoms with Crippen LogP contribution in [0.2, 0.25) is 0 Å². The second-order valence-corrected chi connectivity index (χ2v) is 2.45. The predicted octanol–water partition coefficient (Wildman–Crippen LogP) is 1.70. The Labute approximate surface area is 71.8 Å². The van der Waals surface area contributed by atoms with Crippen molar-refractivity contribution in [3.8, 4) is 0 Å². The summed E-state index contributed by atoms with van der Waals surface area (Å²) in [6.07, 6.45) is 2.36. The molecule has 0 atom stereocenters. The maximum absolute atomic E-state index is 5.35. The topological polar surface area (TPSA) is 29.3 Å². The molecule has 0 saturated heterocycles. The van der Waals surface area contributed by atoms with Gasteiger partial charge in [0, 0.05) is 0 Å². The fourth-order valence-corrected chi connectivity index (χ4v) is 0.855. The number of nitrogens with zero attached hydrogens (tertiary/aromatic N) is 1. The second-order valence-electron chi connectivity index (χ2n) is 2.45. The van der Waals surface area contributed by atoms with Gasteiger partial charge in [-0.2, -0.15) is 0 Å². The average molecular weight is 160 g/mol. The zero-order valence-electron chi connectivity index (χ0n) is 8.56. The summed E-state index contributed by atoms with van der Waals surface area (Å²) < 4.78 is 0. The predicted molar refractivity (Wildman–Crippen MR) is 52.8 cm³/mol. The largest absolute Gasteiger partial charge is 0.330 e. The van der Waals surface area contributed by atoms with Crippen LogP contribution in [0.1, 0.15) is 33.6 Å². The van der Waals surface area contributed by atoms with Crippen molar-refractivity contribution in [2.45, 2.75) is 33.6 Å². The standard InChI is InChI=1S/C7H18N2.C2H6/c1-3-6-9(2)7-4-5-8;1-2/h3-8H2,1-2H3;1-2H3. The molecule has 70 valence electrons. The molecule has 0 heterocycles. The first-order valence-corrected chi connectivity index (χ1v) is 4.70. The first-order chi connectivity index (χ1) is 5.31. The fourth-order valence-electron chi connectivity index (χ4n) is 0.855. The van der Waals surface area contributed by atoms with Gasteiger partial charge in [-0.3, -0.25) is 0 Å². The zero-order valence-corrected chi connectivity index (χ0v) is 8.56. The van der Waals surface area contributed by atoms with Crippen molar-refractivity contribution in [3.05, 3.63) is 0 Å². The molecular weight excluding hydrogens is 136 g/mol. The highest BCUT2D eigenvalue weighted by Gasteiger charge is 1.92. The normalized spacial score (nSPS) is 9.27. The number of hydrogen-bond acceptors (Lipinski definition) is 2. The highest BCUT2D eigenvalue weighted by Crippen LogP contribution is 1.86. The van der Waals surface area contributed by atoms with Crippen molar-refractivity contribution in [3.63, 3.8) is 0 Å². The van der Waals surface area contributed by atoms with Crippen LogP contribution in [0.25, 0.3) is 0 Å². The van der Waals surface area contributed by atoms with Crippen LogP contribution in [0.4, 0.5) is 0 Å². The Morgan fingerprint density at radius 3 is 2.09 bits per heavy atom. The van der Waals surface area contributed by atoms with E-state index in [2.05, 4.69) is 18.9 Å². The van der Waals surface area contributed by atoms with E-state index in [-0.39, 0.29) is 0 Å². The van der Waals surface area contributed by atoms with Gasteiger partial charge in [0.25, 0.3) is 0 Å². The Morgan fingerprint density at radius 2 is 1.73 bits per heavy atom. The SMILES string of the molecule is CC.CCCN(C)CCCN. The molecule has 0 spiro atoms. The fraction of sp³-hybridized carbons (Fsp3) is 1.00. The molecular formula is C9H24N2. The van der Waals surface area contributed by atoms with Gasteiger partial charge in [0.15, 0.2) is 0 Å². The van der Waals surface area contributed by atoms with E-state index >= 15 is 0 Å². The Morgan fingerprint density at radius 1 is 1.18 bits per heavy atom. The van der Waals surface area contributed by atoms with Crippen LogP contribution in [0.5, 0.6) is 0 Å². The van der Waals surface area contributed by atoms with Crippen molar-refractivity contribution in [2.24, 2.45) is 5.73 Å². The first-order valence-electron chi connectivity index (χ1n) is 4.70. The van der Waals surface area contributed by atoms with Gasteiger partial charge in [0.1, 0.15) is 0 Å². The van der Waals surface area contributed by atoms with E-state index in [1.807, 2.05) is 13.8 Å². The number of rotatable bonds is 5. The summed E-state index contributed by atoms with van der Waals surface area (Å²) in [4.78, 5) is 2.31. The van der Waals surface area contributed by atoms with Gasteiger partial charge in [0.05, 0.1) is 0 Å². The summed E-state index contributed by atoms with van der Waals surface area (Å²) in [6.45, 7) is 9.34. The molecule has 0 bridgehead atoms. The monoisotopic (exact) mass is 160 g/mol. The number of nitrogens with two attached hydrogens (primary N) is 1. The highest BCUT2D eigenvalue weighted by molar-refractivity contribution is 4.49. The minimum Gasteiger partial charge on any atom is -0.330 e. The van der Waals surface area contributed by atoms with Crippen LogP contribution in [0.3, 0.4) is 0 Å². The maximum Gasteiger partial charge on any atom is -0.000977 e. The molecule has 0 aromatic heterocycles. The summed E-state index contributed by atoms with van der Waals surface area (Å²) in [6, 6.07) is 0. The summed E-state index contributed by atoms with van der Waals surface area (Å²) in [5.41, 5.74) is 5.35. The van der Waals surface area contributed by atoms with Crippen LogP contribution < -0.4 is 5.73 Å². The molecule has 0 amide bonds. The van der Waals surface area contributed by atoms with Crippen LogP contribution >= 0.6 is 0 Å². The highest BCUT2D eigenvalue weighted by atomic mass is 15.1. The minimum absolute atomic E-state index is 0.814. The quantitative estimate of drug-likeness (QED) is 0.663. The van der Waals surface area contributed by atoms with Crippen molar-refractivity contribution in [1.82, 2.24) is 4.90 Å². The minimum atomic E-state index is 0.814. The third-order valence-electron chi connectivity index (χ3n) is 1.35. The zero-order chi connectivity index (χ0) is 9.11. The van der Waals surface area contributed by atoms with E-state index in [4.69, 9.17) is 5.73 Å². The molecule has 0 rings (SSSR count). The summed E-state index contributed by atoms with van der Waals surface area (Å²) >= 11 is 0.